The maximum absolute atomic E-state index is 11.5. The predicted molar refractivity (Wildman–Crippen MR) is 53.9 cm³/mol. The first kappa shape index (κ1) is 11.2. The van der Waals surface area contributed by atoms with Crippen molar-refractivity contribution >= 4 is 11.7 Å². The number of amides is 1. The lowest BCUT2D eigenvalue weighted by Gasteiger charge is -2.32. The van der Waals surface area contributed by atoms with Gasteiger partial charge in [0, 0.05) is 19.0 Å². The van der Waals surface area contributed by atoms with Crippen LogP contribution in [0.3, 0.4) is 0 Å². The van der Waals surface area contributed by atoms with Crippen LogP contribution >= 0.6 is 0 Å². The molecule has 4 nitrogen and oxygen atoms in total. The minimum Gasteiger partial charge on any atom is -0.353 e. The molecular weight excluding hydrogens is 180 g/mol. The molecular formula is C10H18N2O2. The van der Waals surface area contributed by atoms with E-state index < -0.39 is 0 Å². The summed E-state index contributed by atoms with van der Waals surface area (Å²) in [7, 11) is 0. The van der Waals surface area contributed by atoms with Crippen LogP contribution in [-0.4, -0.2) is 42.3 Å². The molecule has 1 unspecified atom stereocenters. The van der Waals surface area contributed by atoms with Crippen LogP contribution < -0.4 is 5.32 Å². The van der Waals surface area contributed by atoms with Crippen LogP contribution in [0.4, 0.5) is 0 Å². The van der Waals surface area contributed by atoms with Crippen LogP contribution in [0.1, 0.15) is 20.8 Å². The molecule has 1 amide bonds. The first-order chi connectivity index (χ1) is 6.52. The monoisotopic (exact) mass is 198 g/mol. The predicted octanol–water partition coefficient (Wildman–Crippen LogP) is 0.0318. The quantitative estimate of drug-likeness (QED) is 0.696. The molecule has 0 radical (unpaired) electrons. The van der Waals surface area contributed by atoms with E-state index in [0.29, 0.717) is 13.1 Å². The van der Waals surface area contributed by atoms with Gasteiger partial charge >= 0.3 is 0 Å². The van der Waals surface area contributed by atoms with Gasteiger partial charge in [-0.3, -0.25) is 14.5 Å². The lowest BCUT2D eigenvalue weighted by atomic mass is 10.1. The summed E-state index contributed by atoms with van der Waals surface area (Å²) >= 11 is 0. The zero-order chi connectivity index (χ0) is 10.7. The number of carbonyl (C=O) groups is 2. The van der Waals surface area contributed by atoms with E-state index in [-0.39, 0.29) is 23.7 Å². The summed E-state index contributed by atoms with van der Waals surface area (Å²) < 4.78 is 0. The van der Waals surface area contributed by atoms with E-state index in [4.69, 9.17) is 0 Å². The molecule has 4 heteroatoms. The van der Waals surface area contributed by atoms with Crippen LogP contribution in [0.25, 0.3) is 0 Å². The molecule has 0 aromatic rings. The molecule has 0 aromatic heterocycles. The standard InChI is InChI=1S/C10H18N2O2/c1-7(2)9(13)6-12-5-4-11-10(14)8(12)3/h7-8H,4-6H2,1-3H3,(H,11,14). The third-order valence-electron chi connectivity index (χ3n) is 2.63. The third kappa shape index (κ3) is 2.54. The second kappa shape index (κ2) is 4.55. The Hall–Kier alpha value is -0.900. The Morgan fingerprint density at radius 1 is 1.64 bits per heavy atom. The topological polar surface area (TPSA) is 49.4 Å². The van der Waals surface area contributed by atoms with Gasteiger partial charge in [0.2, 0.25) is 5.91 Å². The van der Waals surface area contributed by atoms with Crippen molar-refractivity contribution in [2.45, 2.75) is 26.8 Å². The lowest BCUT2D eigenvalue weighted by molar-refractivity contribution is -0.131. The van der Waals surface area contributed by atoms with Gasteiger partial charge in [-0.25, -0.2) is 0 Å². The number of hydrogen-bond donors (Lipinski definition) is 1. The van der Waals surface area contributed by atoms with E-state index in [1.165, 1.54) is 0 Å². The number of hydrogen-bond acceptors (Lipinski definition) is 3. The Bertz CT molecular complexity index is 238. The summed E-state index contributed by atoms with van der Waals surface area (Å²) in [5.74, 6) is 0.270. The van der Waals surface area contributed by atoms with Crippen molar-refractivity contribution in [3.63, 3.8) is 0 Å². The number of ketones is 1. The Balaban J connectivity index is 2.51. The van der Waals surface area contributed by atoms with Gasteiger partial charge in [0.05, 0.1) is 12.6 Å². The molecule has 0 saturated carbocycles. The molecule has 14 heavy (non-hydrogen) atoms. The average molecular weight is 198 g/mol. The van der Waals surface area contributed by atoms with E-state index >= 15 is 0 Å². The van der Waals surface area contributed by atoms with Gasteiger partial charge in [0.1, 0.15) is 5.78 Å². The van der Waals surface area contributed by atoms with Gasteiger partial charge in [-0.05, 0) is 6.92 Å². The number of rotatable bonds is 3. The number of piperazine rings is 1. The van der Waals surface area contributed by atoms with Crippen LogP contribution in [0.5, 0.6) is 0 Å². The fourth-order valence-electron chi connectivity index (χ4n) is 1.43. The zero-order valence-electron chi connectivity index (χ0n) is 9.04. The van der Waals surface area contributed by atoms with Gasteiger partial charge in [-0.2, -0.15) is 0 Å². The third-order valence-corrected chi connectivity index (χ3v) is 2.63. The normalized spacial score (nSPS) is 23.7. The molecule has 0 spiro atoms. The van der Waals surface area contributed by atoms with E-state index in [2.05, 4.69) is 5.32 Å². The molecule has 1 aliphatic rings. The fraction of sp³-hybridized carbons (Fsp3) is 0.800. The van der Waals surface area contributed by atoms with Crippen molar-refractivity contribution in [2.24, 2.45) is 5.92 Å². The molecule has 1 fully saturated rings. The van der Waals surface area contributed by atoms with Crippen molar-refractivity contribution in [3.05, 3.63) is 0 Å². The second-order valence-electron chi connectivity index (χ2n) is 4.06. The summed E-state index contributed by atoms with van der Waals surface area (Å²) in [5.41, 5.74) is 0. The first-order valence-corrected chi connectivity index (χ1v) is 5.07. The molecule has 1 rings (SSSR count). The second-order valence-corrected chi connectivity index (χ2v) is 4.06. The summed E-state index contributed by atoms with van der Waals surface area (Å²) in [6.45, 7) is 7.42. The summed E-state index contributed by atoms with van der Waals surface area (Å²) in [5, 5.41) is 2.77. The SMILES string of the molecule is CC(C)C(=O)CN1CCNC(=O)C1C. The smallest absolute Gasteiger partial charge is 0.237 e. The zero-order valence-corrected chi connectivity index (χ0v) is 9.04. The van der Waals surface area contributed by atoms with Crippen molar-refractivity contribution in [1.29, 1.82) is 0 Å². The van der Waals surface area contributed by atoms with E-state index in [9.17, 15) is 9.59 Å². The van der Waals surface area contributed by atoms with E-state index in [1.54, 1.807) is 0 Å². The highest BCUT2D eigenvalue weighted by molar-refractivity contribution is 5.85. The van der Waals surface area contributed by atoms with Crippen molar-refractivity contribution in [1.82, 2.24) is 10.2 Å². The van der Waals surface area contributed by atoms with Crippen LogP contribution in [0.2, 0.25) is 0 Å². The van der Waals surface area contributed by atoms with E-state index in [0.717, 1.165) is 6.54 Å². The molecule has 80 valence electrons. The average Bonchev–Trinajstić information content (AvgIpc) is 2.12. The van der Waals surface area contributed by atoms with Crippen LogP contribution in [0.15, 0.2) is 0 Å². The summed E-state index contributed by atoms with van der Waals surface area (Å²) in [6.07, 6.45) is 0. The minimum absolute atomic E-state index is 0.0211. The highest BCUT2D eigenvalue weighted by Crippen LogP contribution is 2.05. The molecule has 0 aromatic carbocycles. The minimum atomic E-state index is -0.175. The maximum atomic E-state index is 11.5. The van der Waals surface area contributed by atoms with Crippen molar-refractivity contribution < 1.29 is 9.59 Å². The summed E-state index contributed by atoms with van der Waals surface area (Å²) in [4.78, 5) is 24.7. The molecule has 0 aliphatic carbocycles. The Morgan fingerprint density at radius 2 is 2.29 bits per heavy atom. The molecule has 1 saturated heterocycles. The number of Topliss-reactive ketones (excluding diaryl/α,β-unsaturated/α-hetero) is 1. The maximum Gasteiger partial charge on any atom is 0.237 e. The summed E-state index contributed by atoms with van der Waals surface area (Å²) in [6, 6.07) is -0.175. The molecule has 1 aliphatic heterocycles. The van der Waals surface area contributed by atoms with E-state index in [1.807, 2.05) is 25.7 Å². The number of carbonyl (C=O) groups excluding carboxylic acids is 2. The fourth-order valence-corrected chi connectivity index (χ4v) is 1.43. The Labute approximate surface area is 84.7 Å². The molecule has 1 heterocycles. The highest BCUT2D eigenvalue weighted by atomic mass is 16.2. The molecule has 1 N–H and O–H groups in total. The Kier molecular flexibility index (Phi) is 3.63. The molecule has 1 atom stereocenters. The lowest BCUT2D eigenvalue weighted by Crippen LogP contribution is -2.55. The van der Waals surface area contributed by atoms with Crippen molar-refractivity contribution in [3.8, 4) is 0 Å². The highest BCUT2D eigenvalue weighted by Gasteiger charge is 2.27. The van der Waals surface area contributed by atoms with Gasteiger partial charge < -0.3 is 5.32 Å². The van der Waals surface area contributed by atoms with Gasteiger partial charge in [0.15, 0.2) is 0 Å². The Morgan fingerprint density at radius 3 is 2.86 bits per heavy atom. The number of nitrogens with one attached hydrogen (secondary N) is 1. The first-order valence-electron chi connectivity index (χ1n) is 5.07. The van der Waals surface area contributed by atoms with Gasteiger partial charge in [0.25, 0.3) is 0 Å². The van der Waals surface area contributed by atoms with Crippen molar-refractivity contribution in [2.75, 3.05) is 19.6 Å². The van der Waals surface area contributed by atoms with Crippen LogP contribution in [-0.2, 0) is 9.59 Å². The molecule has 0 bridgehead atoms. The largest absolute Gasteiger partial charge is 0.353 e. The number of nitrogens with zero attached hydrogens (tertiary/aromatic N) is 1. The van der Waals surface area contributed by atoms with Gasteiger partial charge in [-0.15, -0.1) is 0 Å². The van der Waals surface area contributed by atoms with Gasteiger partial charge in [-0.1, -0.05) is 13.8 Å². The van der Waals surface area contributed by atoms with Crippen LogP contribution in [0, 0.1) is 5.92 Å².